The molecule has 6 heteroatoms. The van der Waals surface area contributed by atoms with Crippen molar-refractivity contribution in [2.24, 2.45) is 0 Å². The number of nitrogens with one attached hydrogen (secondary N) is 1. The van der Waals surface area contributed by atoms with Crippen LogP contribution in [0, 0.1) is 6.92 Å². The van der Waals surface area contributed by atoms with Crippen LogP contribution in [0.3, 0.4) is 0 Å². The van der Waals surface area contributed by atoms with Crippen LogP contribution in [-0.4, -0.2) is 24.6 Å². The van der Waals surface area contributed by atoms with Crippen molar-refractivity contribution in [3.63, 3.8) is 0 Å². The first kappa shape index (κ1) is 17.9. The molecule has 0 saturated heterocycles. The van der Waals surface area contributed by atoms with Crippen molar-refractivity contribution in [3.8, 4) is 22.8 Å². The van der Waals surface area contributed by atoms with Crippen molar-refractivity contribution in [2.45, 2.75) is 13.8 Å². The van der Waals surface area contributed by atoms with E-state index in [-0.39, 0.29) is 5.91 Å². The summed E-state index contributed by atoms with van der Waals surface area (Å²) in [6.07, 6.45) is 0. The number of ether oxygens (including phenoxy) is 2. The Balaban J connectivity index is 1.71. The molecule has 0 spiro atoms. The Labute approximate surface area is 156 Å². The van der Waals surface area contributed by atoms with E-state index < -0.39 is 0 Å². The maximum Gasteiger partial charge on any atom is 0.257 e. The lowest BCUT2D eigenvalue weighted by Gasteiger charge is -2.06. The van der Waals surface area contributed by atoms with Crippen molar-refractivity contribution in [3.05, 3.63) is 59.0 Å². The Kier molecular flexibility index (Phi) is 5.53. The average Bonchev–Trinajstić information content (AvgIpc) is 3.11. The first-order chi connectivity index (χ1) is 12.6. The number of methoxy groups -OCH3 is 1. The van der Waals surface area contributed by atoms with Gasteiger partial charge in [0.25, 0.3) is 5.91 Å². The van der Waals surface area contributed by atoms with Crippen molar-refractivity contribution in [1.82, 2.24) is 4.98 Å². The van der Waals surface area contributed by atoms with Gasteiger partial charge < -0.3 is 9.47 Å². The fraction of sp³-hybridized carbons (Fsp3) is 0.200. The van der Waals surface area contributed by atoms with Gasteiger partial charge in [-0.1, -0.05) is 0 Å². The molecule has 0 unspecified atom stereocenters. The molecule has 1 N–H and O–H groups in total. The number of amides is 1. The van der Waals surface area contributed by atoms with E-state index in [9.17, 15) is 4.79 Å². The third kappa shape index (κ3) is 4.03. The van der Waals surface area contributed by atoms with Gasteiger partial charge in [0.15, 0.2) is 5.13 Å². The lowest BCUT2D eigenvalue weighted by Crippen LogP contribution is -2.11. The number of carbonyl (C=O) groups excluding carboxylic acids is 1. The molecule has 0 aliphatic heterocycles. The van der Waals surface area contributed by atoms with E-state index in [1.165, 1.54) is 11.3 Å². The molecule has 3 rings (SSSR count). The van der Waals surface area contributed by atoms with Crippen LogP contribution in [0.4, 0.5) is 5.13 Å². The number of carbonyl (C=O) groups is 1. The van der Waals surface area contributed by atoms with E-state index in [1.807, 2.05) is 37.4 Å². The number of benzene rings is 2. The molecule has 1 aromatic heterocycles. The highest BCUT2D eigenvalue weighted by atomic mass is 32.1. The highest BCUT2D eigenvalue weighted by Gasteiger charge is 2.11. The standard InChI is InChI=1S/C20H20N2O3S/c1-4-25-16-8-5-14(6-9-16)19(23)22-20-21-17(12-26-20)15-7-10-18(24-3)13(2)11-15/h5-12H,4H2,1-3H3,(H,21,22,23). The molecule has 1 heterocycles. The Morgan fingerprint density at radius 1 is 1.19 bits per heavy atom. The number of aryl methyl sites for hydroxylation is 1. The number of anilines is 1. The second kappa shape index (κ2) is 8.01. The summed E-state index contributed by atoms with van der Waals surface area (Å²) in [6, 6.07) is 12.9. The van der Waals surface area contributed by atoms with Gasteiger partial charge in [-0.2, -0.15) is 0 Å². The molecule has 26 heavy (non-hydrogen) atoms. The smallest absolute Gasteiger partial charge is 0.257 e. The van der Waals surface area contributed by atoms with Crippen LogP contribution in [-0.2, 0) is 0 Å². The van der Waals surface area contributed by atoms with Crippen LogP contribution in [0.2, 0.25) is 0 Å². The summed E-state index contributed by atoms with van der Waals surface area (Å²) in [6.45, 7) is 4.51. The predicted molar refractivity (Wildman–Crippen MR) is 104 cm³/mol. The summed E-state index contributed by atoms with van der Waals surface area (Å²) in [5.74, 6) is 1.39. The van der Waals surface area contributed by atoms with Gasteiger partial charge in [-0.25, -0.2) is 4.98 Å². The molecule has 0 aliphatic rings. The molecule has 0 aliphatic carbocycles. The van der Waals surface area contributed by atoms with Gasteiger partial charge in [0.2, 0.25) is 0 Å². The second-order valence-corrected chi connectivity index (χ2v) is 6.49. The molecule has 3 aromatic rings. The van der Waals surface area contributed by atoms with E-state index in [4.69, 9.17) is 9.47 Å². The minimum Gasteiger partial charge on any atom is -0.496 e. The number of hydrogen-bond acceptors (Lipinski definition) is 5. The van der Waals surface area contributed by atoms with Crippen LogP contribution < -0.4 is 14.8 Å². The summed E-state index contributed by atoms with van der Waals surface area (Å²) < 4.78 is 10.7. The molecule has 5 nitrogen and oxygen atoms in total. The van der Waals surface area contributed by atoms with E-state index >= 15 is 0 Å². The Morgan fingerprint density at radius 2 is 1.96 bits per heavy atom. The van der Waals surface area contributed by atoms with Crippen molar-refractivity contribution >= 4 is 22.4 Å². The predicted octanol–water partition coefficient (Wildman–Crippen LogP) is 4.78. The number of aromatic nitrogens is 1. The van der Waals surface area contributed by atoms with Crippen molar-refractivity contribution in [1.29, 1.82) is 0 Å². The summed E-state index contributed by atoms with van der Waals surface area (Å²) >= 11 is 1.40. The molecule has 134 valence electrons. The Bertz CT molecular complexity index is 904. The fourth-order valence-corrected chi connectivity index (χ4v) is 3.25. The van der Waals surface area contributed by atoms with Crippen LogP contribution in [0.15, 0.2) is 47.8 Å². The monoisotopic (exact) mass is 368 g/mol. The Hall–Kier alpha value is -2.86. The quantitative estimate of drug-likeness (QED) is 0.680. The number of thiazole rings is 1. The maximum absolute atomic E-state index is 12.4. The molecule has 0 fully saturated rings. The van der Waals surface area contributed by atoms with E-state index in [0.717, 1.165) is 28.3 Å². The van der Waals surface area contributed by atoms with Gasteiger partial charge in [-0.3, -0.25) is 10.1 Å². The van der Waals surface area contributed by atoms with Gasteiger partial charge in [0.1, 0.15) is 11.5 Å². The van der Waals surface area contributed by atoms with Crippen LogP contribution in [0.25, 0.3) is 11.3 Å². The average molecular weight is 368 g/mol. The highest BCUT2D eigenvalue weighted by molar-refractivity contribution is 7.14. The lowest BCUT2D eigenvalue weighted by atomic mass is 10.1. The summed E-state index contributed by atoms with van der Waals surface area (Å²) in [5.41, 5.74) is 3.41. The molecule has 0 saturated carbocycles. The Morgan fingerprint density at radius 3 is 2.62 bits per heavy atom. The zero-order chi connectivity index (χ0) is 18.5. The first-order valence-corrected chi connectivity index (χ1v) is 9.13. The highest BCUT2D eigenvalue weighted by Crippen LogP contribution is 2.29. The fourth-order valence-electron chi connectivity index (χ4n) is 2.54. The molecular formula is C20H20N2O3S. The van der Waals surface area contributed by atoms with Crippen molar-refractivity contribution in [2.75, 3.05) is 19.0 Å². The van der Waals surface area contributed by atoms with E-state index in [1.54, 1.807) is 31.4 Å². The maximum atomic E-state index is 12.4. The van der Waals surface area contributed by atoms with E-state index in [0.29, 0.717) is 17.3 Å². The molecule has 1 amide bonds. The third-order valence-corrected chi connectivity index (χ3v) is 4.60. The summed E-state index contributed by atoms with van der Waals surface area (Å²) in [5, 5.41) is 5.33. The van der Waals surface area contributed by atoms with Gasteiger partial charge >= 0.3 is 0 Å². The van der Waals surface area contributed by atoms with Crippen LogP contribution >= 0.6 is 11.3 Å². The molecule has 0 radical (unpaired) electrons. The topological polar surface area (TPSA) is 60.5 Å². The normalized spacial score (nSPS) is 10.4. The SMILES string of the molecule is CCOc1ccc(C(=O)Nc2nc(-c3ccc(OC)c(C)c3)cs2)cc1. The van der Waals surface area contributed by atoms with Crippen LogP contribution in [0.1, 0.15) is 22.8 Å². The molecule has 0 bridgehead atoms. The van der Waals surface area contributed by atoms with Gasteiger partial charge in [-0.05, 0) is 61.9 Å². The minimum atomic E-state index is -0.195. The molecular weight excluding hydrogens is 348 g/mol. The number of nitrogens with zero attached hydrogens (tertiary/aromatic N) is 1. The van der Waals surface area contributed by atoms with E-state index in [2.05, 4.69) is 10.3 Å². The largest absolute Gasteiger partial charge is 0.496 e. The van der Waals surface area contributed by atoms with Crippen molar-refractivity contribution < 1.29 is 14.3 Å². The zero-order valence-electron chi connectivity index (χ0n) is 14.9. The lowest BCUT2D eigenvalue weighted by molar-refractivity contribution is 0.102. The summed E-state index contributed by atoms with van der Waals surface area (Å²) in [7, 11) is 1.65. The molecule has 0 atom stereocenters. The minimum absolute atomic E-state index is 0.195. The van der Waals surface area contributed by atoms with Gasteiger partial charge in [-0.15, -0.1) is 11.3 Å². The number of hydrogen-bond donors (Lipinski definition) is 1. The first-order valence-electron chi connectivity index (χ1n) is 8.25. The van der Waals surface area contributed by atoms with Crippen LogP contribution in [0.5, 0.6) is 11.5 Å². The van der Waals surface area contributed by atoms with Gasteiger partial charge in [0, 0.05) is 16.5 Å². The summed E-state index contributed by atoms with van der Waals surface area (Å²) in [4.78, 5) is 16.9. The number of rotatable bonds is 6. The third-order valence-electron chi connectivity index (χ3n) is 3.84. The molecule has 2 aromatic carbocycles. The zero-order valence-corrected chi connectivity index (χ0v) is 15.7. The van der Waals surface area contributed by atoms with Gasteiger partial charge in [0.05, 0.1) is 19.4 Å². The second-order valence-electron chi connectivity index (χ2n) is 5.63.